The lowest BCUT2D eigenvalue weighted by molar-refractivity contribution is -0.139. The molecular formula is C22H20ClFN4O6S. The van der Waals surface area contributed by atoms with E-state index in [0.29, 0.717) is 31.9 Å². The van der Waals surface area contributed by atoms with Crippen molar-refractivity contribution in [3.63, 3.8) is 0 Å². The van der Waals surface area contributed by atoms with E-state index in [0.717, 1.165) is 22.9 Å². The Bertz CT molecular complexity index is 1190. The van der Waals surface area contributed by atoms with Crippen molar-refractivity contribution < 1.29 is 33.0 Å². The van der Waals surface area contributed by atoms with Gasteiger partial charge in [0.2, 0.25) is 17.0 Å². The van der Waals surface area contributed by atoms with E-state index in [-0.39, 0.29) is 46.6 Å². The molecule has 0 atom stereocenters. The van der Waals surface area contributed by atoms with Gasteiger partial charge >= 0.3 is 0 Å². The standard InChI is InChI=1S/C22H20ClFN4O6S/c1-2-33-16-9-13(3-4-15(16)34-19-14(24)11-25-21(23)26-19)10-17-20(30)28(22(31)35-17)12-18(29)27-5-7-32-8-6-27/h3-4,9-11H,2,5-8,12H2,1H3. The zero-order valence-corrected chi connectivity index (χ0v) is 20.1. The molecular weight excluding hydrogens is 503 g/mol. The molecule has 10 nitrogen and oxygen atoms in total. The number of ether oxygens (including phenoxy) is 3. The normalized spacial score (nSPS) is 17.3. The Balaban J connectivity index is 1.51. The summed E-state index contributed by atoms with van der Waals surface area (Å²) in [6.07, 6.45) is 2.40. The van der Waals surface area contributed by atoms with Crippen LogP contribution in [0.2, 0.25) is 5.28 Å². The Kier molecular flexibility index (Phi) is 7.83. The number of imide groups is 1. The molecule has 1 aromatic carbocycles. The maximum Gasteiger partial charge on any atom is 0.294 e. The Morgan fingerprint density at radius 3 is 2.80 bits per heavy atom. The number of rotatable bonds is 7. The number of thioether (sulfide) groups is 1. The van der Waals surface area contributed by atoms with Crippen molar-refractivity contribution in [1.29, 1.82) is 0 Å². The highest BCUT2D eigenvalue weighted by Crippen LogP contribution is 2.36. The monoisotopic (exact) mass is 522 g/mol. The number of aromatic nitrogens is 2. The predicted octanol–water partition coefficient (Wildman–Crippen LogP) is 3.36. The SMILES string of the molecule is CCOc1cc(C=C2SC(=O)N(CC(=O)N3CCOCC3)C2=O)ccc1Oc1nc(Cl)ncc1F. The number of carbonyl (C=O) groups excluding carboxylic acids is 3. The topological polar surface area (TPSA) is 111 Å². The second kappa shape index (κ2) is 11.0. The van der Waals surface area contributed by atoms with Gasteiger partial charge in [0.1, 0.15) is 6.54 Å². The van der Waals surface area contributed by atoms with Gasteiger partial charge in [0.15, 0.2) is 11.5 Å². The molecule has 0 bridgehead atoms. The maximum absolute atomic E-state index is 14.0. The number of nitrogens with zero attached hydrogens (tertiary/aromatic N) is 4. The van der Waals surface area contributed by atoms with Crippen LogP contribution in [-0.2, 0) is 14.3 Å². The summed E-state index contributed by atoms with van der Waals surface area (Å²) in [6.45, 7) is 3.41. The van der Waals surface area contributed by atoms with E-state index in [1.165, 1.54) is 12.1 Å². The van der Waals surface area contributed by atoms with Crippen LogP contribution >= 0.6 is 23.4 Å². The molecule has 4 rings (SSSR count). The van der Waals surface area contributed by atoms with E-state index < -0.39 is 17.0 Å². The Morgan fingerprint density at radius 1 is 1.29 bits per heavy atom. The predicted molar refractivity (Wildman–Crippen MR) is 125 cm³/mol. The van der Waals surface area contributed by atoms with Crippen LogP contribution in [0.25, 0.3) is 6.08 Å². The van der Waals surface area contributed by atoms with Gasteiger partial charge in [0, 0.05) is 13.1 Å². The summed E-state index contributed by atoms with van der Waals surface area (Å²) in [5.74, 6) is -1.61. The second-order valence-corrected chi connectivity index (χ2v) is 8.63. The van der Waals surface area contributed by atoms with Crippen LogP contribution in [0.15, 0.2) is 29.3 Å². The van der Waals surface area contributed by atoms with E-state index in [9.17, 15) is 18.8 Å². The molecule has 0 unspecified atom stereocenters. The lowest BCUT2D eigenvalue weighted by Crippen LogP contribution is -2.46. The fourth-order valence-electron chi connectivity index (χ4n) is 3.31. The number of hydrogen-bond donors (Lipinski definition) is 0. The number of amides is 3. The van der Waals surface area contributed by atoms with E-state index >= 15 is 0 Å². The van der Waals surface area contributed by atoms with Gasteiger partial charge in [-0.1, -0.05) is 6.07 Å². The highest BCUT2D eigenvalue weighted by molar-refractivity contribution is 8.18. The van der Waals surface area contributed by atoms with Crippen LogP contribution in [0.4, 0.5) is 9.18 Å². The molecule has 0 radical (unpaired) electrons. The third-order valence-corrected chi connectivity index (χ3v) is 6.07. The van der Waals surface area contributed by atoms with E-state index in [1.54, 1.807) is 24.0 Å². The summed E-state index contributed by atoms with van der Waals surface area (Å²) < 4.78 is 30.3. The van der Waals surface area contributed by atoms with E-state index in [2.05, 4.69) is 9.97 Å². The van der Waals surface area contributed by atoms with Gasteiger partial charge in [-0.05, 0) is 54.1 Å². The van der Waals surface area contributed by atoms with Crippen molar-refractivity contribution in [2.24, 2.45) is 0 Å². The highest BCUT2D eigenvalue weighted by Gasteiger charge is 2.37. The van der Waals surface area contributed by atoms with Crippen LogP contribution in [0.5, 0.6) is 17.4 Å². The summed E-state index contributed by atoms with van der Waals surface area (Å²) in [7, 11) is 0. The van der Waals surface area contributed by atoms with Crippen LogP contribution in [0.3, 0.4) is 0 Å². The molecule has 0 saturated carbocycles. The molecule has 184 valence electrons. The quantitative estimate of drug-likeness (QED) is 0.399. The van der Waals surface area contributed by atoms with E-state index in [1.807, 2.05) is 0 Å². The molecule has 0 aliphatic carbocycles. The summed E-state index contributed by atoms with van der Waals surface area (Å²) >= 11 is 6.46. The summed E-state index contributed by atoms with van der Waals surface area (Å²) in [5, 5.41) is -0.706. The first-order chi connectivity index (χ1) is 16.9. The molecule has 2 aliphatic heterocycles. The number of halogens is 2. The smallest absolute Gasteiger partial charge is 0.294 e. The number of benzene rings is 1. The summed E-state index contributed by atoms with van der Waals surface area (Å²) in [6, 6.07) is 4.69. The molecule has 3 heterocycles. The zero-order chi connectivity index (χ0) is 24.9. The van der Waals surface area contributed by atoms with Gasteiger partial charge in [0.25, 0.3) is 17.0 Å². The fraction of sp³-hybridized carbons (Fsp3) is 0.318. The van der Waals surface area contributed by atoms with Crippen molar-refractivity contribution in [2.75, 3.05) is 39.5 Å². The number of hydrogen-bond acceptors (Lipinski definition) is 9. The minimum Gasteiger partial charge on any atom is -0.490 e. The van der Waals surface area contributed by atoms with Crippen LogP contribution in [0, 0.1) is 5.82 Å². The average Bonchev–Trinajstić information content (AvgIpc) is 3.11. The third kappa shape index (κ3) is 5.89. The van der Waals surface area contributed by atoms with Gasteiger partial charge in [-0.2, -0.15) is 9.37 Å². The first-order valence-corrected chi connectivity index (χ1v) is 11.8. The van der Waals surface area contributed by atoms with Gasteiger partial charge in [-0.3, -0.25) is 19.3 Å². The van der Waals surface area contributed by atoms with Gasteiger partial charge < -0.3 is 19.1 Å². The average molecular weight is 523 g/mol. The molecule has 1 aromatic heterocycles. The largest absolute Gasteiger partial charge is 0.490 e. The summed E-state index contributed by atoms with van der Waals surface area (Å²) in [5.41, 5.74) is 0.534. The molecule has 2 aromatic rings. The number of carbonyl (C=O) groups is 3. The molecule has 35 heavy (non-hydrogen) atoms. The van der Waals surface area contributed by atoms with Crippen LogP contribution in [-0.4, -0.2) is 76.3 Å². The van der Waals surface area contributed by atoms with Crippen LogP contribution in [0.1, 0.15) is 12.5 Å². The van der Waals surface area contributed by atoms with Crippen molar-refractivity contribution in [2.45, 2.75) is 6.92 Å². The molecule has 2 aliphatic rings. The van der Waals surface area contributed by atoms with Crippen molar-refractivity contribution >= 4 is 46.5 Å². The minimum atomic E-state index is -0.804. The van der Waals surface area contributed by atoms with Gasteiger partial charge in [-0.25, -0.2) is 4.98 Å². The first-order valence-electron chi connectivity index (χ1n) is 10.6. The zero-order valence-electron chi connectivity index (χ0n) is 18.5. The molecule has 3 amide bonds. The second-order valence-electron chi connectivity index (χ2n) is 7.29. The van der Waals surface area contributed by atoms with Gasteiger partial charge in [0.05, 0.1) is 30.9 Å². The number of morpholine rings is 1. The molecule has 2 saturated heterocycles. The van der Waals surface area contributed by atoms with Crippen molar-refractivity contribution in [3.8, 4) is 17.4 Å². The maximum atomic E-state index is 14.0. The lowest BCUT2D eigenvalue weighted by atomic mass is 10.2. The highest BCUT2D eigenvalue weighted by atomic mass is 35.5. The molecule has 0 spiro atoms. The minimum absolute atomic E-state index is 0.162. The molecule has 13 heteroatoms. The van der Waals surface area contributed by atoms with Crippen molar-refractivity contribution in [1.82, 2.24) is 19.8 Å². The third-order valence-electron chi connectivity index (χ3n) is 4.99. The fourth-order valence-corrected chi connectivity index (χ4v) is 4.27. The Morgan fingerprint density at radius 2 is 2.06 bits per heavy atom. The Labute approximate surface area is 209 Å². The van der Waals surface area contributed by atoms with Crippen molar-refractivity contribution in [3.05, 3.63) is 46.0 Å². The first kappa shape index (κ1) is 24.9. The molecule has 0 N–H and O–H groups in total. The summed E-state index contributed by atoms with van der Waals surface area (Å²) in [4.78, 5) is 47.6. The Hall–Kier alpha value is -3.22. The lowest BCUT2D eigenvalue weighted by Gasteiger charge is -2.28. The molecule has 2 fully saturated rings. The van der Waals surface area contributed by atoms with Crippen LogP contribution < -0.4 is 9.47 Å². The van der Waals surface area contributed by atoms with E-state index in [4.69, 9.17) is 25.8 Å². The van der Waals surface area contributed by atoms with Gasteiger partial charge in [-0.15, -0.1) is 0 Å².